The number of hydrogen-bond acceptors (Lipinski definition) is 4. The number of pyridine rings is 1. The maximum Gasteiger partial charge on any atom is 0.227 e. The van der Waals surface area contributed by atoms with Crippen molar-refractivity contribution in [1.82, 2.24) is 9.97 Å². The largest absolute Gasteiger partial charge is 0.313 e. The fourth-order valence-corrected chi connectivity index (χ4v) is 3.56. The Bertz CT molecular complexity index is 845. The number of benzene rings is 1. The number of hydrogen-bond donors (Lipinski definition) is 0. The Hall–Kier alpha value is -2.53. The molecule has 0 N–H and O–H groups in total. The average Bonchev–Trinajstić information content (AvgIpc) is 3.10. The lowest BCUT2D eigenvalue weighted by molar-refractivity contribution is -0.118. The summed E-state index contributed by atoms with van der Waals surface area (Å²) < 4.78 is 0. The molecule has 0 atom stereocenters. The zero-order valence-corrected chi connectivity index (χ0v) is 15.3. The van der Waals surface area contributed by atoms with Gasteiger partial charge in [0.2, 0.25) is 5.91 Å². The van der Waals surface area contributed by atoms with Crippen molar-refractivity contribution < 1.29 is 4.79 Å². The van der Waals surface area contributed by atoms with Gasteiger partial charge in [0, 0.05) is 42.0 Å². The molecule has 0 saturated carbocycles. The van der Waals surface area contributed by atoms with E-state index >= 15 is 0 Å². The average molecular weight is 351 g/mol. The van der Waals surface area contributed by atoms with Gasteiger partial charge < -0.3 is 4.90 Å². The van der Waals surface area contributed by atoms with Crippen LogP contribution in [0.4, 0.5) is 5.69 Å². The van der Waals surface area contributed by atoms with Crippen molar-refractivity contribution in [3.63, 3.8) is 0 Å². The van der Waals surface area contributed by atoms with E-state index in [0.717, 1.165) is 27.5 Å². The molecule has 0 aliphatic carbocycles. The first-order valence-electron chi connectivity index (χ1n) is 8.39. The van der Waals surface area contributed by atoms with Crippen molar-refractivity contribution in [2.24, 2.45) is 0 Å². The van der Waals surface area contributed by atoms with E-state index in [2.05, 4.69) is 9.97 Å². The fraction of sp³-hybridized carbons (Fsp3) is 0.250. The van der Waals surface area contributed by atoms with Gasteiger partial charge >= 0.3 is 0 Å². The quantitative estimate of drug-likeness (QED) is 0.657. The van der Waals surface area contributed by atoms with Crippen molar-refractivity contribution >= 4 is 22.9 Å². The Morgan fingerprint density at radius 3 is 2.84 bits per heavy atom. The molecule has 2 heterocycles. The standard InChI is InChI=1S/C20H21N3OS/c1-3-23(18-8-4-6-15(2)12-18)19(24)10-9-17-14-25-20(22-17)16-7-5-11-21-13-16/h4-8,11-14H,3,9-10H2,1-2H3. The van der Waals surface area contributed by atoms with Crippen LogP contribution in [0.15, 0.2) is 54.2 Å². The zero-order valence-electron chi connectivity index (χ0n) is 14.5. The van der Waals surface area contributed by atoms with Gasteiger partial charge in [0.05, 0.1) is 5.69 Å². The molecule has 1 aromatic carbocycles. The summed E-state index contributed by atoms with van der Waals surface area (Å²) in [4.78, 5) is 23.2. The minimum Gasteiger partial charge on any atom is -0.313 e. The number of carbonyl (C=O) groups is 1. The maximum absolute atomic E-state index is 12.6. The monoisotopic (exact) mass is 351 g/mol. The summed E-state index contributed by atoms with van der Waals surface area (Å²) in [5, 5.41) is 2.97. The molecule has 5 heteroatoms. The van der Waals surface area contributed by atoms with Gasteiger partial charge in [0.15, 0.2) is 0 Å². The van der Waals surface area contributed by atoms with Crippen LogP contribution in [0.5, 0.6) is 0 Å². The highest BCUT2D eigenvalue weighted by Crippen LogP contribution is 2.23. The second-order valence-electron chi connectivity index (χ2n) is 5.86. The highest BCUT2D eigenvalue weighted by atomic mass is 32.1. The van der Waals surface area contributed by atoms with Crippen molar-refractivity contribution in [3.05, 3.63) is 65.4 Å². The maximum atomic E-state index is 12.6. The molecule has 3 aromatic rings. The van der Waals surface area contributed by atoms with E-state index in [1.54, 1.807) is 17.5 Å². The molecule has 0 aliphatic heterocycles. The summed E-state index contributed by atoms with van der Waals surface area (Å²) in [6.45, 7) is 4.71. The highest BCUT2D eigenvalue weighted by molar-refractivity contribution is 7.13. The summed E-state index contributed by atoms with van der Waals surface area (Å²) in [5.41, 5.74) is 4.09. The van der Waals surface area contributed by atoms with Crippen molar-refractivity contribution in [2.75, 3.05) is 11.4 Å². The third kappa shape index (κ3) is 4.31. The number of aryl methyl sites for hydroxylation is 2. The molecule has 0 saturated heterocycles. The molecule has 0 unspecified atom stereocenters. The number of anilines is 1. The number of thiazole rings is 1. The van der Waals surface area contributed by atoms with Crippen LogP contribution in [0.1, 0.15) is 24.6 Å². The molecule has 1 amide bonds. The lowest BCUT2D eigenvalue weighted by Crippen LogP contribution is -2.30. The third-order valence-corrected chi connectivity index (χ3v) is 4.93. The highest BCUT2D eigenvalue weighted by Gasteiger charge is 2.15. The Labute approximate surface area is 152 Å². The SMILES string of the molecule is CCN(C(=O)CCc1csc(-c2cccnc2)n1)c1cccc(C)c1. The molecule has 25 heavy (non-hydrogen) atoms. The molecule has 128 valence electrons. The van der Waals surface area contributed by atoms with E-state index in [0.29, 0.717) is 19.4 Å². The van der Waals surface area contributed by atoms with E-state index < -0.39 is 0 Å². The molecular formula is C20H21N3OS. The van der Waals surface area contributed by atoms with Gasteiger partial charge in [-0.2, -0.15) is 0 Å². The number of amides is 1. The summed E-state index contributed by atoms with van der Waals surface area (Å²) in [5.74, 6) is 0.129. The van der Waals surface area contributed by atoms with Gasteiger partial charge in [-0.3, -0.25) is 9.78 Å². The summed E-state index contributed by atoms with van der Waals surface area (Å²) in [6.07, 6.45) is 4.67. The minimum absolute atomic E-state index is 0.129. The van der Waals surface area contributed by atoms with E-state index in [1.807, 2.05) is 66.7 Å². The molecule has 0 aliphatic rings. The molecule has 3 rings (SSSR count). The second-order valence-corrected chi connectivity index (χ2v) is 6.72. The van der Waals surface area contributed by atoms with Crippen LogP contribution in [0.2, 0.25) is 0 Å². The van der Waals surface area contributed by atoms with E-state index in [1.165, 1.54) is 0 Å². The van der Waals surface area contributed by atoms with E-state index in [-0.39, 0.29) is 5.91 Å². The number of carbonyl (C=O) groups excluding carboxylic acids is 1. The normalized spacial score (nSPS) is 10.6. The zero-order chi connectivity index (χ0) is 17.6. The van der Waals surface area contributed by atoms with Crippen LogP contribution in [0, 0.1) is 6.92 Å². The van der Waals surface area contributed by atoms with Crippen molar-refractivity contribution in [1.29, 1.82) is 0 Å². The van der Waals surface area contributed by atoms with Crippen molar-refractivity contribution in [3.8, 4) is 10.6 Å². The van der Waals surface area contributed by atoms with E-state index in [4.69, 9.17) is 0 Å². The first kappa shape index (κ1) is 17.3. The van der Waals surface area contributed by atoms with Crippen LogP contribution in [-0.2, 0) is 11.2 Å². The van der Waals surface area contributed by atoms with Crippen LogP contribution in [0.3, 0.4) is 0 Å². The predicted octanol–water partition coefficient (Wildman–Crippen LogP) is 4.50. The molecular weight excluding hydrogens is 330 g/mol. The fourth-order valence-electron chi connectivity index (χ4n) is 2.71. The van der Waals surface area contributed by atoms with Crippen LogP contribution < -0.4 is 4.90 Å². The summed E-state index contributed by atoms with van der Waals surface area (Å²) in [7, 11) is 0. The predicted molar refractivity (Wildman–Crippen MR) is 103 cm³/mol. The summed E-state index contributed by atoms with van der Waals surface area (Å²) in [6, 6.07) is 12.0. The molecule has 0 radical (unpaired) electrons. The van der Waals surface area contributed by atoms with Crippen LogP contribution in [0.25, 0.3) is 10.6 Å². The Balaban J connectivity index is 1.65. The topological polar surface area (TPSA) is 46.1 Å². The molecule has 0 fully saturated rings. The minimum atomic E-state index is 0.129. The molecule has 0 spiro atoms. The first-order chi connectivity index (χ1) is 12.2. The lowest BCUT2D eigenvalue weighted by Gasteiger charge is -2.21. The van der Waals surface area contributed by atoms with Gasteiger partial charge in [-0.15, -0.1) is 11.3 Å². The third-order valence-electron chi connectivity index (χ3n) is 3.99. The Morgan fingerprint density at radius 1 is 1.24 bits per heavy atom. The Morgan fingerprint density at radius 2 is 2.12 bits per heavy atom. The first-order valence-corrected chi connectivity index (χ1v) is 9.27. The molecule has 4 nitrogen and oxygen atoms in total. The number of rotatable bonds is 6. The van der Waals surface area contributed by atoms with Crippen LogP contribution >= 0.6 is 11.3 Å². The van der Waals surface area contributed by atoms with Gasteiger partial charge in [-0.1, -0.05) is 12.1 Å². The smallest absolute Gasteiger partial charge is 0.227 e. The molecule has 0 bridgehead atoms. The Kier molecular flexibility index (Phi) is 5.56. The van der Waals surface area contributed by atoms with Gasteiger partial charge in [0.1, 0.15) is 5.01 Å². The van der Waals surface area contributed by atoms with Gasteiger partial charge in [0.25, 0.3) is 0 Å². The number of aromatic nitrogens is 2. The van der Waals surface area contributed by atoms with Crippen molar-refractivity contribution in [2.45, 2.75) is 26.7 Å². The number of nitrogens with zero attached hydrogens (tertiary/aromatic N) is 3. The second kappa shape index (κ2) is 8.03. The van der Waals surface area contributed by atoms with E-state index in [9.17, 15) is 4.79 Å². The molecule has 2 aromatic heterocycles. The lowest BCUT2D eigenvalue weighted by atomic mass is 10.2. The summed E-state index contributed by atoms with van der Waals surface area (Å²) >= 11 is 1.59. The van der Waals surface area contributed by atoms with Gasteiger partial charge in [-0.25, -0.2) is 4.98 Å². The van der Waals surface area contributed by atoms with Gasteiger partial charge in [-0.05, 0) is 50.1 Å². The van der Waals surface area contributed by atoms with Crippen LogP contribution in [-0.4, -0.2) is 22.4 Å².